The van der Waals surface area contributed by atoms with Gasteiger partial charge >= 0.3 is 23.1 Å². The van der Waals surface area contributed by atoms with Crippen LogP contribution >= 0.6 is 0 Å². The van der Waals surface area contributed by atoms with Crippen molar-refractivity contribution in [1.82, 2.24) is 0 Å². The van der Waals surface area contributed by atoms with Gasteiger partial charge in [0, 0.05) is 0 Å². The molecule has 0 radical (unpaired) electrons. The summed E-state index contributed by atoms with van der Waals surface area (Å²) in [4.78, 5) is 0. The maximum absolute atomic E-state index is 2.16. The minimum absolute atomic E-state index is 0. The SMILES string of the molecule is C/C=C/Cc1ccccc1.[H-].[H-].[Mg+2]. The molecule has 1 heteroatoms. The molecule has 1 aromatic carbocycles. The van der Waals surface area contributed by atoms with Crippen molar-refractivity contribution in [3.8, 4) is 0 Å². The molecule has 0 bridgehead atoms. The molecule has 0 N–H and O–H groups in total. The Morgan fingerprint density at radius 2 is 1.91 bits per heavy atom. The molecular weight excluding hydrogens is 144 g/mol. The fourth-order valence-corrected chi connectivity index (χ4v) is 0.868. The summed E-state index contributed by atoms with van der Waals surface area (Å²) in [5.41, 5.74) is 1.38. The second-order valence-corrected chi connectivity index (χ2v) is 2.26. The van der Waals surface area contributed by atoms with E-state index >= 15 is 0 Å². The summed E-state index contributed by atoms with van der Waals surface area (Å²) in [7, 11) is 0. The normalized spacial score (nSPS) is 9.55. The Balaban J connectivity index is -0.000000333. The molecule has 0 spiro atoms. The van der Waals surface area contributed by atoms with E-state index in [9.17, 15) is 0 Å². The summed E-state index contributed by atoms with van der Waals surface area (Å²) in [6, 6.07) is 10.5. The predicted octanol–water partition coefficient (Wildman–Crippen LogP) is 2.65. The van der Waals surface area contributed by atoms with Gasteiger partial charge in [0.15, 0.2) is 0 Å². The molecule has 0 heterocycles. The van der Waals surface area contributed by atoms with Crippen LogP contribution in [0.2, 0.25) is 0 Å². The standard InChI is InChI=1S/C10H12.Mg.2H/c1-2-3-7-10-8-5-4-6-9-10;;;/h2-6,8-9H,7H2,1H3;;;/q;+2;2*-1/b3-2+;;;. The first kappa shape index (κ1) is 10.7. The van der Waals surface area contributed by atoms with Crippen LogP contribution in [0.4, 0.5) is 0 Å². The number of benzene rings is 1. The van der Waals surface area contributed by atoms with Crippen LogP contribution in [0.25, 0.3) is 0 Å². The third-order valence-corrected chi connectivity index (χ3v) is 1.43. The molecule has 0 saturated carbocycles. The summed E-state index contributed by atoms with van der Waals surface area (Å²) in [6.45, 7) is 2.04. The van der Waals surface area contributed by atoms with E-state index in [1.54, 1.807) is 0 Å². The van der Waals surface area contributed by atoms with Gasteiger partial charge in [-0.05, 0) is 18.9 Å². The van der Waals surface area contributed by atoms with Crippen molar-refractivity contribution in [2.45, 2.75) is 13.3 Å². The van der Waals surface area contributed by atoms with Crippen molar-refractivity contribution in [1.29, 1.82) is 0 Å². The topological polar surface area (TPSA) is 0 Å². The summed E-state index contributed by atoms with van der Waals surface area (Å²) < 4.78 is 0. The third kappa shape index (κ3) is 4.22. The number of rotatable bonds is 2. The van der Waals surface area contributed by atoms with E-state index in [4.69, 9.17) is 0 Å². The Labute approximate surface area is 87.4 Å². The van der Waals surface area contributed by atoms with Crippen molar-refractivity contribution in [3.05, 3.63) is 48.0 Å². The van der Waals surface area contributed by atoms with Crippen LogP contribution in [0.15, 0.2) is 42.5 Å². The Morgan fingerprint density at radius 3 is 2.45 bits per heavy atom. The van der Waals surface area contributed by atoms with Gasteiger partial charge in [0.1, 0.15) is 0 Å². The smallest absolute Gasteiger partial charge is 1.00 e. The molecule has 11 heavy (non-hydrogen) atoms. The minimum Gasteiger partial charge on any atom is -1.00 e. The average Bonchev–Trinajstić information content (AvgIpc) is 2.03. The molecule has 0 unspecified atom stereocenters. The molecule has 0 fully saturated rings. The first-order chi connectivity index (χ1) is 4.93. The molecule has 0 nitrogen and oxygen atoms in total. The van der Waals surface area contributed by atoms with Gasteiger partial charge in [-0.3, -0.25) is 0 Å². The molecule has 1 aromatic rings. The van der Waals surface area contributed by atoms with Gasteiger partial charge in [0.05, 0.1) is 0 Å². The number of allylic oxidation sites excluding steroid dienone is 2. The molecule has 0 amide bonds. The van der Waals surface area contributed by atoms with Crippen molar-refractivity contribution in [2.75, 3.05) is 0 Å². The summed E-state index contributed by atoms with van der Waals surface area (Å²) in [6.07, 6.45) is 5.29. The van der Waals surface area contributed by atoms with Gasteiger partial charge in [0.2, 0.25) is 0 Å². The van der Waals surface area contributed by atoms with Gasteiger partial charge < -0.3 is 2.85 Å². The van der Waals surface area contributed by atoms with E-state index in [0.717, 1.165) is 6.42 Å². The maximum atomic E-state index is 2.16. The molecule has 0 aliphatic heterocycles. The van der Waals surface area contributed by atoms with E-state index in [-0.39, 0.29) is 25.9 Å². The number of hydrogen-bond acceptors (Lipinski definition) is 0. The summed E-state index contributed by atoms with van der Waals surface area (Å²) in [5, 5.41) is 0. The van der Waals surface area contributed by atoms with E-state index in [0.29, 0.717) is 0 Å². The Kier molecular flexibility index (Phi) is 6.28. The maximum Gasteiger partial charge on any atom is 2.00 e. The van der Waals surface area contributed by atoms with Crippen LogP contribution in [0.5, 0.6) is 0 Å². The number of hydrogen-bond donors (Lipinski definition) is 0. The van der Waals surface area contributed by atoms with Gasteiger partial charge in [-0.1, -0.05) is 42.5 Å². The molecule has 0 atom stereocenters. The van der Waals surface area contributed by atoms with Crippen LogP contribution in [0, 0.1) is 0 Å². The molecule has 0 aromatic heterocycles. The first-order valence-corrected chi connectivity index (χ1v) is 3.58. The van der Waals surface area contributed by atoms with Crippen LogP contribution in [-0.2, 0) is 6.42 Å². The fraction of sp³-hybridized carbons (Fsp3) is 0.200. The monoisotopic (exact) mass is 158 g/mol. The van der Waals surface area contributed by atoms with Crippen LogP contribution < -0.4 is 0 Å². The Morgan fingerprint density at radius 1 is 1.27 bits per heavy atom. The summed E-state index contributed by atoms with van der Waals surface area (Å²) in [5.74, 6) is 0. The van der Waals surface area contributed by atoms with Gasteiger partial charge in [-0.25, -0.2) is 0 Å². The fourth-order valence-electron chi connectivity index (χ4n) is 0.868. The zero-order valence-corrected chi connectivity index (χ0v) is 8.37. The zero-order chi connectivity index (χ0) is 7.23. The largest absolute Gasteiger partial charge is 2.00 e. The minimum atomic E-state index is 0. The molecule has 0 aliphatic rings. The second-order valence-electron chi connectivity index (χ2n) is 2.26. The van der Waals surface area contributed by atoms with Gasteiger partial charge in [-0.2, -0.15) is 0 Å². The van der Waals surface area contributed by atoms with E-state index in [1.165, 1.54) is 5.56 Å². The predicted molar refractivity (Wildman–Crippen MR) is 52.9 cm³/mol. The van der Waals surface area contributed by atoms with Crippen LogP contribution in [0.1, 0.15) is 15.3 Å². The van der Waals surface area contributed by atoms with Crippen molar-refractivity contribution < 1.29 is 2.85 Å². The molecule has 0 saturated heterocycles. The van der Waals surface area contributed by atoms with E-state index in [1.807, 2.05) is 13.0 Å². The Hall–Kier alpha value is -0.274. The molecular formula is C10H14Mg. The summed E-state index contributed by atoms with van der Waals surface area (Å²) >= 11 is 0. The van der Waals surface area contributed by atoms with E-state index < -0.39 is 0 Å². The van der Waals surface area contributed by atoms with E-state index in [2.05, 4.69) is 36.4 Å². The second kappa shape index (κ2) is 6.44. The van der Waals surface area contributed by atoms with Crippen LogP contribution in [0.3, 0.4) is 0 Å². The first-order valence-electron chi connectivity index (χ1n) is 3.58. The van der Waals surface area contributed by atoms with Crippen molar-refractivity contribution in [2.24, 2.45) is 0 Å². The van der Waals surface area contributed by atoms with Crippen LogP contribution in [-0.4, -0.2) is 23.1 Å². The quantitative estimate of drug-likeness (QED) is 0.459. The third-order valence-electron chi connectivity index (χ3n) is 1.43. The molecule has 56 valence electrons. The zero-order valence-electron chi connectivity index (χ0n) is 8.96. The van der Waals surface area contributed by atoms with Gasteiger partial charge in [0.25, 0.3) is 0 Å². The van der Waals surface area contributed by atoms with Gasteiger partial charge in [-0.15, -0.1) is 0 Å². The molecule has 0 aliphatic carbocycles. The Bertz CT molecular complexity index is 209. The average molecular weight is 159 g/mol. The van der Waals surface area contributed by atoms with Crippen molar-refractivity contribution >= 4 is 23.1 Å². The van der Waals surface area contributed by atoms with Crippen molar-refractivity contribution in [3.63, 3.8) is 0 Å². The molecule has 1 rings (SSSR count).